The molecule has 1 aromatic carbocycles. The number of nitrogens with zero attached hydrogens (tertiary/aromatic N) is 2. The molecule has 1 aliphatic rings. The molecule has 0 heterocycles. The lowest BCUT2D eigenvalue weighted by molar-refractivity contribution is 0.0740. The van der Waals surface area contributed by atoms with Gasteiger partial charge >= 0.3 is 0 Å². The van der Waals surface area contributed by atoms with Crippen LogP contribution in [-0.2, 0) is 10.0 Å². The van der Waals surface area contributed by atoms with E-state index in [2.05, 4.69) is 0 Å². The largest absolute Gasteiger partial charge is 0.341 e. The van der Waals surface area contributed by atoms with Crippen LogP contribution in [0.4, 0.5) is 0 Å². The summed E-state index contributed by atoms with van der Waals surface area (Å²) in [6.45, 7) is 5.03. The van der Waals surface area contributed by atoms with E-state index in [0.717, 1.165) is 25.7 Å². The summed E-state index contributed by atoms with van der Waals surface area (Å²) in [5.41, 5.74) is 6.05. The van der Waals surface area contributed by atoms with Gasteiger partial charge in [0.05, 0.1) is 4.90 Å². The molecular weight excluding hydrogens is 398 g/mol. The normalized spacial score (nSPS) is 15.9. The van der Waals surface area contributed by atoms with Crippen LogP contribution in [0.5, 0.6) is 0 Å². The molecule has 2 N–H and O–H groups in total. The van der Waals surface area contributed by atoms with E-state index in [4.69, 9.17) is 5.73 Å². The minimum absolute atomic E-state index is 0. The fourth-order valence-corrected chi connectivity index (χ4v) is 4.99. The summed E-state index contributed by atoms with van der Waals surface area (Å²) < 4.78 is 27.3. The molecule has 2 rings (SSSR count). The van der Waals surface area contributed by atoms with Crippen LogP contribution >= 0.6 is 12.4 Å². The molecule has 0 atom stereocenters. The Morgan fingerprint density at radius 3 is 2.14 bits per heavy atom. The SMILES string of the molecule is CN(CC(C)(C)CN)C(=O)c1ccc(S(=O)(=O)N(C)C2CCCCC2)cc1.Cl. The first kappa shape index (κ1) is 24.9. The number of nitrogens with two attached hydrogens (primary N) is 1. The molecule has 0 spiro atoms. The Hall–Kier alpha value is -1.15. The van der Waals surface area contributed by atoms with E-state index in [-0.39, 0.29) is 34.7 Å². The van der Waals surface area contributed by atoms with E-state index in [9.17, 15) is 13.2 Å². The maximum atomic E-state index is 12.9. The lowest BCUT2D eigenvalue weighted by atomic mass is 9.93. The Morgan fingerprint density at radius 1 is 1.11 bits per heavy atom. The quantitative estimate of drug-likeness (QED) is 0.718. The number of hydrogen-bond donors (Lipinski definition) is 1. The third kappa shape index (κ3) is 5.92. The number of carbonyl (C=O) groups is 1. The van der Waals surface area contributed by atoms with Gasteiger partial charge in [-0.15, -0.1) is 12.4 Å². The number of benzene rings is 1. The van der Waals surface area contributed by atoms with Crippen molar-refractivity contribution in [2.24, 2.45) is 11.1 Å². The third-order valence-corrected chi connectivity index (χ3v) is 7.36. The molecule has 6 nitrogen and oxygen atoms in total. The van der Waals surface area contributed by atoms with Crippen molar-refractivity contribution in [2.75, 3.05) is 27.2 Å². The number of amides is 1. The highest BCUT2D eigenvalue weighted by molar-refractivity contribution is 7.89. The van der Waals surface area contributed by atoms with Crippen LogP contribution in [0, 0.1) is 5.41 Å². The van der Waals surface area contributed by atoms with Crippen molar-refractivity contribution in [1.29, 1.82) is 0 Å². The van der Waals surface area contributed by atoms with Gasteiger partial charge in [-0.3, -0.25) is 4.79 Å². The number of halogens is 1. The summed E-state index contributed by atoms with van der Waals surface area (Å²) in [6.07, 6.45) is 5.14. The van der Waals surface area contributed by atoms with Crippen molar-refractivity contribution in [1.82, 2.24) is 9.21 Å². The minimum atomic E-state index is -3.54. The van der Waals surface area contributed by atoms with E-state index in [1.165, 1.54) is 22.9 Å². The fourth-order valence-electron chi connectivity index (χ4n) is 3.58. The van der Waals surface area contributed by atoms with E-state index >= 15 is 0 Å². The van der Waals surface area contributed by atoms with Gasteiger partial charge in [0, 0.05) is 32.2 Å². The molecule has 0 unspecified atom stereocenters. The van der Waals surface area contributed by atoms with Gasteiger partial charge in [0.15, 0.2) is 0 Å². The summed E-state index contributed by atoms with van der Waals surface area (Å²) in [4.78, 5) is 14.5. The molecule has 1 amide bonds. The number of carbonyl (C=O) groups excluding carboxylic acids is 1. The van der Waals surface area contributed by atoms with Gasteiger partial charge in [0.2, 0.25) is 10.0 Å². The third-order valence-electron chi connectivity index (χ3n) is 5.43. The Morgan fingerprint density at radius 2 is 1.64 bits per heavy atom. The highest BCUT2D eigenvalue weighted by atomic mass is 35.5. The molecular formula is C20H34ClN3O3S. The minimum Gasteiger partial charge on any atom is -0.341 e. The van der Waals surface area contributed by atoms with Crippen LogP contribution < -0.4 is 5.73 Å². The molecule has 28 heavy (non-hydrogen) atoms. The molecule has 160 valence electrons. The maximum absolute atomic E-state index is 12.9. The smallest absolute Gasteiger partial charge is 0.253 e. The molecule has 0 aliphatic heterocycles. The predicted molar refractivity (Wildman–Crippen MR) is 115 cm³/mol. The topological polar surface area (TPSA) is 83.7 Å². The average Bonchev–Trinajstić information content (AvgIpc) is 2.67. The second-order valence-corrected chi connectivity index (χ2v) is 10.4. The summed E-state index contributed by atoms with van der Waals surface area (Å²) >= 11 is 0. The Kier molecular flexibility index (Phi) is 8.93. The molecule has 1 fully saturated rings. The monoisotopic (exact) mass is 431 g/mol. The van der Waals surface area contributed by atoms with Gasteiger partial charge in [0.1, 0.15) is 0 Å². The van der Waals surface area contributed by atoms with Gasteiger partial charge in [-0.25, -0.2) is 8.42 Å². The molecule has 0 saturated heterocycles. The summed E-state index contributed by atoms with van der Waals surface area (Å²) in [5.74, 6) is -0.138. The van der Waals surface area contributed by atoms with E-state index < -0.39 is 10.0 Å². The molecule has 8 heteroatoms. The van der Waals surface area contributed by atoms with Crippen molar-refractivity contribution in [3.63, 3.8) is 0 Å². The second-order valence-electron chi connectivity index (χ2n) is 8.37. The van der Waals surface area contributed by atoms with Crippen molar-refractivity contribution in [3.8, 4) is 0 Å². The van der Waals surface area contributed by atoms with Crippen LogP contribution in [0.25, 0.3) is 0 Å². The van der Waals surface area contributed by atoms with Crippen molar-refractivity contribution >= 4 is 28.3 Å². The Labute approximate surface area is 175 Å². The zero-order chi connectivity index (χ0) is 20.2. The van der Waals surface area contributed by atoms with Gasteiger partial charge in [-0.2, -0.15) is 4.31 Å². The van der Waals surface area contributed by atoms with Crippen LogP contribution in [0.15, 0.2) is 29.2 Å². The van der Waals surface area contributed by atoms with Crippen LogP contribution in [0.3, 0.4) is 0 Å². The van der Waals surface area contributed by atoms with Gasteiger partial charge < -0.3 is 10.6 Å². The molecule has 1 aromatic rings. The molecule has 1 saturated carbocycles. The first-order valence-corrected chi connectivity index (χ1v) is 11.1. The van der Waals surface area contributed by atoms with Crippen LogP contribution in [-0.4, -0.2) is 56.8 Å². The number of rotatable bonds is 7. The molecule has 0 aromatic heterocycles. The lowest BCUT2D eigenvalue weighted by Crippen LogP contribution is -2.39. The first-order valence-electron chi connectivity index (χ1n) is 9.62. The summed E-state index contributed by atoms with van der Waals surface area (Å²) in [5, 5.41) is 0. The lowest BCUT2D eigenvalue weighted by Gasteiger charge is -2.30. The average molecular weight is 432 g/mol. The second kappa shape index (κ2) is 10.1. The molecule has 1 aliphatic carbocycles. The van der Waals surface area contributed by atoms with Gasteiger partial charge in [-0.1, -0.05) is 33.1 Å². The number of sulfonamides is 1. The van der Waals surface area contributed by atoms with Gasteiger partial charge in [-0.05, 0) is 49.1 Å². The van der Waals surface area contributed by atoms with Crippen molar-refractivity contribution in [2.45, 2.75) is 56.9 Å². The van der Waals surface area contributed by atoms with Gasteiger partial charge in [0.25, 0.3) is 5.91 Å². The highest BCUT2D eigenvalue weighted by Gasteiger charge is 2.29. The predicted octanol–water partition coefficient (Wildman–Crippen LogP) is 3.12. The summed E-state index contributed by atoms with van der Waals surface area (Å²) in [6, 6.07) is 6.31. The molecule has 0 bridgehead atoms. The molecule has 0 radical (unpaired) electrons. The van der Waals surface area contributed by atoms with Crippen LogP contribution in [0.1, 0.15) is 56.3 Å². The maximum Gasteiger partial charge on any atom is 0.253 e. The highest BCUT2D eigenvalue weighted by Crippen LogP contribution is 2.26. The zero-order valence-electron chi connectivity index (χ0n) is 17.3. The Bertz CT molecular complexity index is 744. The van der Waals surface area contributed by atoms with Crippen LogP contribution in [0.2, 0.25) is 0 Å². The van der Waals surface area contributed by atoms with E-state index in [1.807, 2.05) is 13.8 Å². The Balaban J connectivity index is 0.00000392. The first-order chi connectivity index (χ1) is 12.6. The zero-order valence-corrected chi connectivity index (χ0v) is 19.0. The van der Waals surface area contributed by atoms with Crippen molar-refractivity contribution in [3.05, 3.63) is 29.8 Å². The van der Waals surface area contributed by atoms with Crippen molar-refractivity contribution < 1.29 is 13.2 Å². The summed E-state index contributed by atoms with van der Waals surface area (Å²) in [7, 11) is -0.145. The fraction of sp³-hybridized carbons (Fsp3) is 0.650. The number of hydrogen-bond acceptors (Lipinski definition) is 4. The van der Waals surface area contributed by atoms with E-state index in [1.54, 1.807) is 31.1 Å². The standard InChI is InChI=1S/C20H33N3O3S.ClH/c1-20(2,14-21)15-22(3)19(24)16-10-12-18(13-11-16)27(25,26)23(4)17-8-6-5-7-9-17;/h10-13,17H,5-9,14-15,21H2,1-4H3;1H. The van der Waals surface area contributed by atoms with E-state index in [0.29, 0.717) is 18.7 Å².